The average Bonchev–Trinajstić information content (AvgIpc) is 2.24. The normalized spacial score (nSPS) is 15.7. The van der Waals surface area contributed by atoms with Crippen molar-refractivity contribution in [1.82, 2.24) is 0 Å². The molecule has 0 aromatic carbocycles. The third-order valence-corrected chi connectivity index (χ3v) is 5.17. The van der Waals surface area contributed by atoms with Crippen molar-refractivity contribution in [3.05, 3.63) is 0 Å². The lowest BCUT2D eigenvalue weighted by molar-refractivity contribution is -0.995. The number of unbranched alkanes of at least 4 members (excludes halogenated alkanes) is 1. The number of hydrogen-bond donors (Lipinski definition) is 0. The molecule has 0 saturated heterocycles. The first-order valence-electron chi connectivity index (χ1n) is 7.62. The van der Waals surface area contributed by atoms with Gasteiger partial charge in [-0.2, -0.15) is 0 Å². The molecule has 2 heteroatoms. The minimum Gasteiger partial charge on any atom is -1.00 e. The highest BCUT2D eigenvalue weighted by Crippen LogP contribution is 2.37. The monoisotopic (exact) mass is 321 g/mol. The van der Waals surface area contributed by atoms with Crippen molar-refractivity contribution in [2.75, 3.05) is 7.05 Å². The van der Waals surface area contributed by atoms with Crippen molar-refractivity contribution in [3.63, 3.8) is 0 Å². The van der Waals surface area contributed by atoms with E-state index in [0.29, 0.717) is 17.6 Å². The first-order valence-corrected chi connectivity index (χ1v) is 7.62. The summed E-state index contributed by atoms with van der Waals surface area (Å²) in [4.78, 5) is 0. The van der Waals surface area contributed by atoms with Crippen molar-refractivity contribution in [1.29, 1.82) is 0 Å². The summed E-state index contributed by atoms with van der Waals surface area (Å²) in [5, 5.41) is 0. The Balaban J connectivity index is 0. The van der Waals surface area contributed by atoms with Gasteiger partial charge in [-0.1, -0.05) is 26.7 Å². The van der Waals surface area contributed by atoms with Gasteiger partial charge in [-0.15, -0.1) is 0 Å². The number of rotatable bonds is 8. The van der Waals surface area contributed by atoms with Crippen LogP contribution in [0.4, 0.5) is 0 Å². The second kappa shape index (κ2) is 8.58. The highest BCUT2D eigenvalue weighted by Gasteiger charge is 2.46. The predicted octanol–water partition coefficient (Wildman–Crippen LogP) is 2.00. The van der Waals surface area contributed by atoms with Crippen LogP contribution in [0.25, 0.3) is 0 Å². The van der Waals surface area contributed by atoms with Crippen LogP contribution in [0.2, 0.25) is 0 Å². The fourth-order valence-corrected chi connectivity index (χ4v) is 3.55. The number of quaternary nitrogens is 1. The van der Waals surface area contributed by atoms with Crippen LogP contribution in [0.5, 0.6) is 0 Å². The van der Waals surface area contributed by atoms with E-state index in [1.807, 2.05) is 0 Å². The van der Waals surface area contributed by atoms with Crippen molar-refractivity contribution in [2.45, 2.75) is 98.2 Å². The molecular weight excluding hydrogens is 286 g/mol. The Morgan fingerprint density at radius 3 is 1.61 bits per heavy atom. The third-order valence-electron chi connectivity index (χ3n) is 5.17. The van der Waals surface area contributed by atoms with Crippen LogP contribution in [0, 0.1) is 0 Å². The van der Waals surface area contributed by atoms with Gasteiger partial charge >= 0.3 is 0 Å². The Labute approximate surface area is 127 Å². The van der Waals surface area contributed by atoms with Gasteiger partial charge in [0.05, 0.1) is 24.7 Å². The highest BCUT2D eigenvalue weighted by molar-refractivity contribution is 4.78. The SMILES string of the molecule is CCCCC(C)(CCC)[N+](C)(C(C)C)C(C)C.[Br-]. The van der Waals surface area contributed by atoms with E-state index in [1.54, 1.807) is 0 Å². The maximum Gasteiger partial charge on any atom is 0.0965 e. The van der Waals surface area contributed by atoms with E-state index in [2.05, 4.69) is 55.5 Å². The minimum absolute atomic E-state index is 0. The number of hydrogen-bond acceptors (Lipinski definition) is 0. The molecule has 0 rings (SSSR count). The summed E-state index contributed by atoms with van der Waals surface area (Å²) in [7, 11) is 2.47. The van der Waals surface area contributed by atoms with Crippen molar-refractivity contribution in [3.8, 4) is 0 Å². The quantitative estimate of drug-likeness (QED) is 0.600. The molecule has 0 radical (unpaired) electrons. The highest BCUT2D eigenvalue weighted by atomic mass is 79.9. The molecule has 0 N–H and O–H groups in total. The zero-order valence-electron chi connectivity index (χ0n) is 14.0. The van der Waals surface area contributed by atoms with Gasteiger partial charge in [0.15, 0.2) is 0 Å². The second-order valence-electron chi connectivity index (χ2n) is 6.69. The summed E-state index contributed by atoms with van der Waals surface area (Å²) in [5.74, 6) is 0. The van der Waals surface area contributed by atoms with Crippen LogP contribution >= 0.6 is 0 Å². The van der Waals surface area contributed by atoms with Crippen LogP contribution in [-0.2, 0) is 0 Å². The van der Waals surface area contributed by atoms with E-state index in [0.717, 1.165) is 0 Å². The first-order chi connectivity index (χ1) is 7.76. The molecule has 0 spiro atoms. The lowest BCUT2D eigenvalue weighted by Gasteiger charge is -2.55. The Morgan fingerprint density at radius 1 is 0.889 bits per heavy atom. The van der Waals surface area contributed by atoms with E-state index >= 15 is 0 Å². The molecule has 112 valence electrons. The molecule has 0 aromatic rings. The Morgan fingerprint density at radius 2 is 1.33 bits per heavy atom. The number of halogens is 1. The lowest BCUT2D eigenvalue weighted by Crippen LogP contribution is -3.00. The molecule has 0 aliphatic heterocycles. The van der Waals surface area contributed by atoms with Crippen LogP contribution in [0.15, 0.2) is 0 Å². The van der Waals surface area contributed by atoms with Crippen molar-refractivity contribution in [2.24, 2.45) is 0 Å². The van der Waals surface area contributed by atoms with Crippen molar-refractivity contribution >= 4 is 0 Å². The molecule has 0 amide bonds. The maximum absolute atomic E-state index is 2.52. The molecule has 1 unspecified atom stereocenters. The molecule has 1 nitrogen and oxygen atoms in total. The van der Waals surface area contributed by atoms with E-state index in [-0.39, 0.29) is 17.0 Å². The Bertz CT molecular complexity index is 205. The molecule has 0 aliphatic carbocycles. The summed E-state index contributed by atoms with van der Waals surface area (Å²) in [5.41, 5.74) is 0.438. The van der Waals surface area contributed by atoms with Gasteiger partial charge < -0.3 is 21.5 Å². The Kier molecular flexibility index (Phi) is 9.89. The molecule has 0 heterocycles. The van der Waals surface area contributed by atoms with E-state index in [9.17, 15) is 0 Å². The van der Waals surface area contributed by atoms with Crippen LogP contribution in [0.1, 0.15) is 80.6 Å². The fraction of sp³-hybridized carbons (Fsp3) is 1.00. The van der Waals surface area contributed by atoms with Crippen LogP contribution in [0.3, 0.4) is 0 Å². The van der Waals surface area contributed by atoms with Gasteiger partial charge in [0.1, 0.15) is 0 Å². The van der Waals surface area contributed by atoms with Crippen molar-refractivity contribution < 1.29 is 21.5 Å². The standard InChI is InChI=1S/C16H36N.BrH/c1-9-11-13-16(7,12-10-2)17(8,14(3)4)15(5)6;/h14-15H,9-13H2,1-8H3;1H/q+1;/p-1. The predicted molar refractivity (Wildman–Crippen MR) is 79.3 cm³/mol. The van der Waals surface area contributed by atoms with Crippen LogP contribution in [-0.4, -0.2) is 29.2 Å². The van der Waals surface area contributed by atoms with Gasteiger partial charge in [-0.05, 0) is 41.0 Å². The van der Waals surface area contributed by atoms with Gasteiger partial charge in [0, 0.05) is 12.8 Å². The first kappa shape index (κ1) is 20.8. The fourth-order valence-electron chi connectivity index (χ4n) is 3.55. The summed E-state index contributed by atoms with van der Waals surface area (Å²) in [6, 6.07) is 1.40. The largest absolute Gasteiger partial charge is 1.00 e. The van der Waals surface area contributed by atoms with Gasteiger partial charge in [0.2, 0.25) is 0 Å². The zero-order valence-corrected chi connectivity index (χ0v) is 15.6. The summed E-state index contributed by atoms with van der Waals surface area (Å²) in [6.45, 7) is 16.7. The second-order valence-corrected chi connectivity index (χ2v) is 6.69. The molecule has 0 aliphatic rings. The van der Waals surface area contributed by atoms with E-state index < -0.39 is 0 Å². The van der Waals surface area contributed by atoms with Gasteiger partial charge in [-0.3, -0.25) is 0 Å². The molecule has 0 aromatic heterocycles. The maximum atomic E-state index is 2.52. The topological polar surface area (TPSA) is 0 Å². The lowest BCUT2D eigenvalue weighted by atomic mass is 9.83. The molecule has 1 atom stereocenters. The average molecular weight is 322 g/mol. The number of nitrogens with zero attached hydrogens (tertiary/aromatic N) is 1. The van der Waals surface area contributed by atoms with E-state index in [1.165, 1.54) is 36.6 Å². The molecule has 0 fully saturated rings. The summed E-state index contributed by atoms with van der Waals surface area (Å²) in [6.07, 6.45) is 6.69. The minimum atomic E-state index is 0. The molecular formula is C16H36BrN. The third kappa shape index (κ3) is 4.23. The van der Waals surface area contributed by atoms with Crippen LogP contribution < -0.4 is 17.0 Å². The van der Waals surface area contributed by atoms with E-state index in [4.69, 9.17) is 0 Å². The smallest absolute Gasteiger partial charge is 0.0965 e. The molecule has 0 bridgehead atoms. The van der Waals surface area contributed by atoms with Gasteiger partial charge in [0.25, 0.3) is 0 Å². The summed E-state index contributed by atoms with van der Waals surface area (Å²) >= 11 is 0. The summed E-state index contributed by atoms with van der Waals surface area (Å²) < 4.78 is 1.21. The zero-order chi connectivity index (χ0) is 13.7. The van der Waals surface area contributed by atoms with Gasteiger partial charge in [-0.25, -0.2) is 0 Å². The molecule has 18 heavy (non-hydrogen) atoms. The Hall–Kier alpha value is 0.440. The molecule has 0 saturated carbocycles.